The van der Waals surface area contributed by atoms with Gasteiger partial charge in [0, 0.05) is 18.8 Å². The van der Waals surface area contributed by atoms with Gasteiger partial charge in [0.05, 0.1) is 25.9 Å². The highest BCUT2D eigenvalue weighted by Gasteiger charge is 2.13. The average molecular weight is 386 g/mol. The Balaban J connectivity index is 1.26. The number of carbonyl (C=O) groups excluding carboxylic acids is 1. The fraction of sp³-hybridized carbons (Fsp3) is 0.522. The van der Waals surface area contributed by atoms with Crippen LogP contribution >= 0.6 is 0 Å². The van der Waals surface area contributed by atoms with E-state index in [-0.39, 0.29) is 6.09 Å². The molecule has 0 aromatic heterocycles. The summed E-state index contributed by atoms with van der Waals surface area (Å²) < 4.78 is 16.9. The molecule has 152 valence electrons. The first-order valence-electron chi connectivity index (χ1n) is 10.4. The lowest BCUT2D eigenvalue weighted by molar-refractivity contribution is 0.0303. The molecule has 1 saturated carbocycles. The number of hydrogen-bond donors (Lipinski definition) is 0. The van der Waals surface area contributed by atoms with Crippen molar-refractivity contribution in [3.63, 3.8) is 0 Å². The summed E-state index contributed by atoms with van der Waals surface area (Å²) in [5.41, 5.74) is 1.26. The third-order valence-corrected chi connectivity index (χ3v) is 5.02. The molecule has 2 aliphatic rings. The summed E-state index contributed by atoms with van der Waals surface area (Å²) >= 11 is 0. The van der Waals surface area contributed by atoms with Crippen molar-refractivity contribution in [3.8, 4) is 5.75 Å². The molecule has 0 N–H and O–H groups in total. The molecule has 1 aromatic carbocycles. The van der Waals surface area contributed by atoms with Gasteiger partial charge in [0.2, 0.25) is 0 Å². The van der Waals surface area contributed by atoms with Crippen LogP contribution < -0.4 is 4.74 Å². The van der Waals surface area contributed by atoms with Crippen LogP contribution in [-0.2, 0) is 15.9 Å². The summed E-state index contributed by atoms with van der Waals surface area (Å²) in [4.78, 5) is 13.3. The first-order valence-corrected chi connectivity index (χ1v) is 10.4. The summed E-state index contributed by atoms with van der Waals surface area (Å²) in [7, 11) is 0. The predicted octanol–water partition coefficient (Wildman–Crippen LogP) is 5.22. The van der Waals surface area contributed by atoms with E-state index in [2.05, 4.69) is 12.1 Å². The molecule has 1 aromatic rings. The summed E-state index contributed by atoms with van der Waals surface area (Å²) in [6.07, 6.45) is 16.2. The summed E-state index contributed by atoms with van der Waals surface area (Å²) in [6.45, 7) is 1.65. The van der Waals surface area contributed by atoms with Crippen LogP contribution in [0.3, 0.4) is 0 Å². The van der Waals surface area contributed by atoms with Gasteiger partial charge in [-0.25, -0.2) is 4.79 Å². The highest BCUT2D eigenvalue weighted by Crippen LogP contribution is 2.20. The lowest BCUT2D eigenvalue weighted by Gasteiger charge is -2.21. The minimum Gasteiger partial charge on any atom is -0.493 e. The fourth-order valence-electron chi connectivity index (χ4n) is 3.41. The van der Waals surface area contributed by atoms with Crippen molar-refractivity contribution >= 4 is 6.09 Å². The van der Waals surface area contributed by atoms with E-state index in [1.807, 2.05) is 24.3 Å². The van der Waals surface area contributed by atoms with Gasteiger partial charge in [-0.2, -0.15) is 0 Å². The Kier molecular flexibility index (Phi) is 8.44. The molecule has 1 aliphatic heterocycles. The zero-order valence-electron chi connectivity index (χ0n) is 16.6. The molecule has 3 rings (SSSR count). The standard InChI is InChI=1S/C23H31NO4/c25-23(24-15-5-2-6-16-24)28-18-7-17-26-22-12-10-20(11-13-22)14-19-27-21-8-3-1-4-9-21/h5-6,10-13,15-16,21H,1-4,7-9,14,17-19H2. The number of nitrogens with zero attached hydrogens (tertiary/aromatic N) is 1. The van der Waals surface area contributed by atoms with E-state index in [9.17, 15) is 4.79 Å². The third kappa shape index (κ3) is 7.04. The van der Waals surface area contributed by atoms with Crippen molar-refractivity contribution in [1.29, 1.82) is 0 Å². The van der Waals surface area contributed by atoms with E-state index in [1.54, 1.807) is 12.4 Å². The SMILES string of the molecule is O=C(OCCCOc1ccc(CCOC2CCCCC2)cc1)N1C=CCC=C1. The van der Waals surface area contributed by atoms with Gasteiger partial charge in [-0.05, 0) is 43.4 Å². The number of allylic oxidation sites excluding steroid dienone is 2. The summed E-state index contributed by atoms with van der Waals surface area (Å²) in [5.74, 6) is 0.838. The second kappa shape index (κ2) is 11.5. The van der Waals surface area contributed by atoms with Crippen LogP contribution in [0.15, 0.2) is 48.8 Å². The fourth-order valence-corrected chi connectivity index (χ4v) is 3.41. The second-order valence-corrected chi connectivity index (χ2v) is 7.25. The van der Waals surface area contributed by atoms with Crippen LogP contribution in [0.2, 0.25) is 0 Å². The van der Waals surface area contributed by atoms with E-state index >= 15 is 0 Å². The molecule has 1 heterocycles. The lowest BCUT2D eigenvalue weighted by Crippen LogP contribution is -2.23. The second-order valence-electron chi connectivity index (χ2n) is 7.25. The minimum absolute atomic E-state index is 0.341. The highest BCUT2D eigenvalue weighted by atomic mass is 16.6. The smallest absolute Gasteiger partial charge is 0.417 e. The molecule has 5 nitrogen and oxygen atoms in total. The zero-order chi connectivity index (χ0) is 19.4. The molecule has 0 unspecified atom stereocenters. The van der Waals surface area contributed by atoms with Gasteiger partial charge in [0.1, 0.15) is 5.75 Å². The Bertz CT molecular complexity index is 635. The molecule has 0 radical (unpaired) electrons. The van der Waals surface area contributed by atoms with E-state index in [0.29, 0.717) is 25.7 Å². The maximum Gasteiger partial charge on any atom is 0.417 e. The van der Waals surface area contributed by atoms with Crippen molar-refractivity contribution in [2.75, 3.05) is 19.8 Å². The number of benzene rings is 1. The first kappa shape index (κ1) is 20.5. The van der Waals surface area contributed by atoms with Gasteiger partial charge in [-0.15, -0.1) is 0 Å². The quantitative estimate of drug-likeness (QED) is 0.547. The Hall–Kier alpha value is -2.27. The normalized spacial score (nSPS) is 16.9. The molecule has 1 amide bonds. The molecule has 1 aliphatic carbocycles. The molecular weight excluding hydrogens is 354 g/mol. The Morgan fingerprint density at radius 3 is 2.46 bits per heavy atom. The molecule has 1 fully saturated rings. The van der Waals surface area contributed by atoms with Crippen molar-refractivity contribution < 1.29 is 19.0 Å². The van der Waals surface area contributed by atoms with Crippen LogP contribution in [0.25, 0.3) is 0 Å². The molecular formula is C23H31NO4. The van der Waals surface area contributed by atoms with Gasteiger partial charge in [0.25, 0.3) is 0 Å². The van der Waals surface area contributed by atoms with Crippen LogP contribution in [0.5, 0.6) is 5.75 Å². The maximum atomic E-state index is 11.8. The minimum atomic E-state index is -0.355. The molecule has 0 atom stereocenters. The molecule has 0 bridgehead atoms. The van der Waals surface area contributed by atoms with E-state index in [4.69, 9.17) is 14.2 Å². The maximum absolute atomic E-state index is 11.8. The first-order chi connectivity index (χ1) is 13.8. The van der Waals surface area contributed by atoms with Crippen molar-refractivity contribution in [3.05, 3.63) is 54.4 Å². The highest BCUT2D eigenvalue weighted by molar-refractivity contribution is 5.70. The van der Waals surface area contributed by atoms with Gasteiger partial charge < -0.3 is 14.2 Å². The van der Waals surface area contributed by atoms with Gasteiger partial charge >= 0.3 is 6.09 Å². The van der Waals surface area contributed by atoms with Crippen molar-refractivity contribution in [2.45, 2.75) is 57.5 Å². The van der Waals surface area contributed by atoms with Gasteiger partial charge in [0.15, 0.2) is 0 Å². The number of hydrogen-bond acceptors (Lipinski definition) is 4. The average Bonchev–Trinajstić information content (AvgIpc) is 2.76. The van der Waals surface area contributed by atoms with Gasteiger partial charge in [-0.3, -0.25) is 4.90 Å². The van der Waals surface area contributed by atoms with E-state index in [0.717, 1.165) is 25.2 Å². The third-order valence-electron chi connectivity index (χ3n) is 5.02. The van der Waals surface area contributed by atoms with Gasteiger partial charge in [-0.1, -0.05) is 43.5 Å². The Labute approximate surface area is 168 Å². The van der Waals surface area contributed by atoms with Crippen molar-refractivity contribution in [2.24, 2.45) is 0 Å². The molecule has 0 saturated heterocycles. The van der Waals surface area contributed by atoms with Crippen molar-refractivity contribution in [1.82, 2.24) is 4.90 Å². The zero-order valence-corrected chi connectivity index (χ0v) is 16.6. The number of rotatable bonds is 9. The largest absolute Gasteiger partial charge is 0.493 e. The lowest BCUT2D eigenvalue weighted by atomic mass is 9.98. The predicted molar refractivity (Wildman–Crippen MR) is 109 cm³/mol. The Morgan fingerprint density at radius 1 is 0.964 bits per heavy atom. The summed E-state index contributed by atoms with van der Waals surface area (Å²) in [5, 5.41) is 0. The van der Waals surface area contributed by atoms with Crippen LogP contribution in [0.1, 0.15) is 50.5 Å². The van der Waals surface area contributed by atoms with Crippen LogP contribution in [0.4, 0.5) is 4.79 Å². The summed E-state index contributed by atoms with van der Waals surface area (Å²) in [6, 6.07) is 8.17. The number of amides is 1. The van der Waals surface area contributed by atoms with E-state index < -0.39 is 0 Å². The monoisotopic (exact) mass is 385 g/mol. The molecule has 0 spiro atoms. The van der Waals surface area contributed by atoms with Crippen LogP contribution in [0, 0.1) is 0 Å². The van der Waals surface area contributed by atoms with E-state index in [1.165, 1.54) is 42.6 Å². The van der Waals surface area contributed by atoms with Crippen LogP contribution in [-0.4, -0.2) is 36.9 Å². The molecule has 5 heteroatoms. The Morgan fingerprint density at radius 2 is 1.71 bits per heavy atom. The molecule has 28 heavy (non-hydrogen) atoms. The number of carbonyl (C=O) groups is 1. The topological polar surface area (TPSA) is 48.0 Å². The number of ether oxygens (including phenoxy) is 3.